The van der Waals surface area contributed by atoms with E-state index >= 15 is 0 Å². The van der Waals surface area contributed by atoms with Gasteiger partial charge in [-0.3, -0.25) is 18.6 Å². The Morgan fingerprint density at radius 1 is 0.564 bits per heavy atom. The van der Waals surface area contributed by atoms with E-state index in [4.69, 9.17) is 19.1 Å². The highest BCUT2D eigenvalue weighted by Gasteiger charge is 2.27. The average molecular weight is 791 g/mol. The van der Waals surface area contributed by atoms with E-state index in [0.29, 0.717) is 12.8 Å². The van der Waals surface area contributed by atoms with Gasteiger partial charge < -0.3 is 24.6 Å². The second-order valence-electron chi connectivity index (χ2n) is 13.0. The van der Waals surface area contributed by atoms with Crippen molar-refractivity contribution in [3.63, 3.8) is 0 Å². The third kappa shape index (κ3) is 38.9. The van der Waals surface area contributed by atoms with Crippen molar-refractivity contribution in [3.8, 4) is 0 Å². The summed E-state index contributed by atoms with van der Waals surface area (Å²) in [5, 5.41) is 18.3. The van der Waals surface area contributed by atoms with Gasteiger partial charge in [-0.25, -0.2) is 4.57 Å². The molecular weight excluding hydrogens is 719 g/mol. The van der Waals surface area contributed by atoms with E-state index in [1.54, 1.807) is 0 Å². The van der Waals surface area contributed by atoms with Crippen LogP contribution in [0.4, 0.5) is 0 Å². The van der Waals surface area contributed by atoms with Gasteiger partial charge in [-0.05, 0) is 77.0 Å². The molecule has 11 heteroatoms. The molecule has 3 N–H and O–H groups in total. The Balaban J connectivity index is 4.43. The zero-order valence-corrected chi connectivity index (χ0v) is 34.5. The molecule has 0 spiro atoms. The van der Waals surface area contributed by atoms with Gasteiger partial charge in [-0.15, -0.1) is 0 Å². The highest BCUT2D eigenvalue weighted by molar-refractivity contribution is 7.47. The van der Waals surface area contributed by atoms with Crippen LogP contribution in [0, 0.1) is 0 Å². The minimum Gasteiger partial charge on any atom is -0.462 e. The number of esters is 2. The molecule has 0 aliphatic rings. The molecule has 0 saturated heterocycles. The molecule has 3 atom stereocenters. The number of carbonyl (C=O) groups is 2. The highest BCUT2D eigenvalue weighted by atomic mass is 31.2. The molecular formula is C44H71O10P. The number of hydrogen-bond acceptors (Lipinski definition) is 9. The third-order valence-corrected chi connectivity index (χ3v) is 8.75. The fraction of sp³-hybridized carbons (Fsp3) is 0.591. The number of rotatable bonds is 36. The molecule has 55 heavy (non-hydrogen) atoms. The molecule has 0 rings (SSSR count). The molecule has 0 aromatic heterocycles. The predicted octanol–water partition coefficient (Wildman–Crippen LogP) is 10.4. The Morgan fingerprint density at radius 2 is 1.04 bits per heavy atom. The quantitative estimate of drug-likeness (QED) is 0.0184. The Kier molecular flexibility index (Phi) is 36.9. The largest absolute Gasteiger partial charge is 0.472 e. The van der Waals surface area contributed by atoms with Gasteiger partial charge in [0, 0.05) is 12.8 Å². The monoisotopic (exact) mass is 790 g/mol. The molecule has 0 aromatic rings. The first-order valence-corrected chi connectivity index (χ1v) is 21.7. The van der Waals surface area contributed by atoms with Crippen LogP contribution < -0.4 is 0 Å². The maximum Gasteiger partial charge on any atom is 0.472 e. The van der Waals surface area contributed by atoms with Crippen LogP contribution in [-0.4, -0.2) is 65.7 Å². The van der Waals surface area contributed by atoms with E-state index in [-0.39, 0.29) is 19.4 Å². The van der Waals surface area contributed by atoms with Crippen LogP contribution in [0.5, 0.6) is 0 Å². The summed E-state index contributed by atoms with van der Waals surface area (Å²) in [6, 6.07) is 0. The van der Waals surface area contributed by atoms with Gasteiger partial charge in [0.25, 0.3) is 0 Å². The van der Waals surface area contributed by atoms with Crippen molar-refractivity contribution in [1.82, 2.24) is 0 Å². The molecule has 0 aliphatic heterocycles. The van der Waals surface area contributed by atoms with E-state index in [9.17, 15) is 24.2 Å². The molecule has 2 unspecified atom stereocenters. The fourth-order valence-corrected chi connectivity index (χ4v) is 5.51. The number of carbonyl (C=O) groups excluding carboxylic acids is 2. The van der Waals surface area contributed by atoms with E-state index in [1.807, 2.05) is 24.3 Å². The summed E-state index contributed by atoms with van der Waals surface area (Å²) in [7, 11) is -4.64. The first-order chi connectivity index (χ1) is 26.7. The number of aliphatic hydroxyl groups excluding tert-OH is 2. The van der Waals surface area contributed by atoms with Crippen LogP contribution in [0.2, 0.25) is 0 Å². The first kappa shape index (κ1) is 51.9. The van der Waals surface area contributed by atoms with Gasteiger partial charge in [-0.1, -0.05) is 137 Å². The summed E-state index contributed by atoms with van der Waals surface area (Å²) in [4.78, 5) is 34.9. The summed E-state index contributed by atoms with van der Waals surface area (Å²) in [6.07, 6.45) is 46.6. The Bertz CT molecular complexity index is 1230. The van der Waals surface area contributed by atoms with Crippen molar-refractivity contribution < 1.29 is 47.8 Å². The van der Waals surface area contributed by atoms with E-state index in [2.05, 4.69) is 91.3 Å². The normalized spacial score (nSPS) is 14.9. The van der Waals surface area contributed by atoms with Gasteiger partial charge in [0.05, 0.1) is 19.8 Å². The molecule has 312 valence electrons. The van der Waals surface area contributed by atoms with Gasteiger partial charge in [0.2, 0.25) is 0 Å². The van der Waals surface area contributed by atoms with Crippen molar-refractivity contribution in [2.45, 2.75) is 142 Å². The van der Waals surface area contributed by atoms with Crippen LogP contribution in [0.1, 0.15) is 129 Å². The van der Waals surface area contributed by atoms with Crippen molar-refractivity contribution in [2.75, 3.05) is 26.4 Å². The number of phosphoric acid groups is 1. The molecule has 0 heterocycles. The fourth-order valence-electron chi connectivity index (χ4n) is 4.72. The van der Waals surface area contributed by atoms with Crippen LogP contribution in [0.3, 0.4) is 0 Å². The molecule has 0 amide bonds. The second-order valence-corrected chi connectivity index (χ2v) is 14.4. The van der Waals surface area contributed by atoms with Crippen LogP contribution in [0.25, 0.3) is 0 Å². The summed E-state index contributed by atoms with van der Waals surface area (Å²) in [5.41, 5.74) is 0. The van der Waals surface area contributed by atoms with Gasteiger partial charge >= 0.3 is 19.8 Å². The minimum atomic E-state index is -4.64. The summed E-state index contributed by atoms with van der Waals surface area (Å²) in [5.74, 6) is -0.999. The zero-order chi connectivity index (χ0) is 40.5. The molecule has 0 saturated carbocycles. The first-order valence-electron chi connectivity index (χ1n) is 20.2. The lowest BCUT2D eigenvalue weighted by Crippen LogP contribution is -2.29. The molecule has 0 aromatic carbocycles. The SMILES string of the molecule is CC/C=C/C=C/C=C/CCCCCCCC(=O)OC(COC(=O)CCCCC/C=C/C/C=C/C/C=C/C/C=C/C/C=C/CC)COP(=O)(O)OC[C@H](O)CO. The lowest BCUT2D eigenvalue weighted by atomic mass is 10.1. The lowest BCUT2D eigenvalue weighted by molar-refractivity contribution is -0.161. The van der Waals surface area contributed by atoms with Gasteiger partial charge in [-0.2, -0.15) is 0 Å². The number of aliphatic hydroxyl groups is 2. The Hall–Kier alpha value is -3.11. The van der Waals surface area contributed by atoms with Crippen molar-refractivity contribution in [1.29, 1.82) is 0 Å². The van der Waals surface area contributed by atoms with Crippen LogP contribution in [0.15, 0.2) is 97.2 Å². The zero-order valence-electron chi connectivity index (χ0n) is 33.6. The second kappa shape index (κ2) is 39.1. The van der Waals surface area contributed by atoms with Gasteiger partial charge in [0.15, 0.2) is 6.10 Å². The minimum absolute atomic E-state index is 0.147. The van der Waals surface area contributed by atoms with Crippen molar-refractivity contribution >= 4 is 19.8 Å². The smallest absolute Gasteiger partial charge is 0.462 e. The van der Waals surface area contributed by atoms with Gasteiger partial charge in [0.1, 0.15) is 12.7 Å². The standard InChI is InChI=1S/C44H71O10P/c1-3-5-7-9-11-13-15-17-18-19-20-21-22-24-25-27-29-31-33-35-43(47)51-39-42(40-53-55(49,50)52-38-41(46)37-45)54-44(48)36-34-32-30-28-26-23-16-14-12-10-8-6-4-2/h5-8,10-14,16-18,20-21,24-25,41-42,45-46H,3-4,9,15,19,22-23,26-40H2,1-2H3,(H,49,50)/b7-5+,8-6+,12-10+,13-11+,16-14+,18-17+,21-20+,25-24+/t41-,42?/m1/s1. The van der Waals surface area contributed by atoms with E-state index in [1.165, 1.54) is 0 Å². The van der Waals surface area contributed by atoms with Crippen LogP contribution in [-0.2, 0) is 32.7 Å². The number of hydrogen-bond donors (Lipinski definition) is 3. The summed E-state index contributed by atoms with van der Waals surface area (Å²) in [6.45, 7) is 2.03. The topological polar surface area (TPSA) is 149 Å². The number of allylic oxidation sites excluding steroid dienone is 16. The molecule has 0 aliphatic carbocycles. The Morgan fingerprint density at radius 3 is 1.64 bits per heavy atom. The Labute approximate surface area is 332 Å². The van der Waals surface area contributed by atoms with E-state index < -0.39 is 51.8 Å². The number of unbranched alkanes of at least 4 members (excludes halogenated alkanes) is 8. The van der Waals surface area contributed by atoms with Crippen molar-refractivity contribution in [3.05, 3.63) is 97.2 Å². The number of ether oxygens (including phenoxy) is 2. The maximum absolute atomic E-state index is 12.6. The molecule has 0 fully saturated rings. The average Bonchev–Trinajstić information content (AvgIpc) is 3.17. The maximum atomic E-state index is 12.6. The van der Waals surface area contributed by atoms with Crippen molar-refractivity contribution in [2.24, 2.45) is 0 Å². The summed E-state index contributed by atoms with van der Waals surface area (Å²) < 4.78 is 32.6. The number of phosphoric ester groups is 1. The highest BCUT2D eigenvalue weighted by Crippen LogP contribution is 2.43. The molecule has 10 nitrogen and oxygen atoms in total. The molecule has 0 bridgehead atoms. The van der Waals surface area contributed by atoms with E-state index in [0.717, 1.165) is 89.9 Å². The lowest BCUT2D eigenvalue weighted by Gasteiger charge is -2.20. The predicted molar refractivity (Wildman–Crippen MR) is 223 cm³/mol. The van der Waals surface area contributed by atoms with Crippen LogP contribution >= 0.6 is 7.82 Å². The summed E-state index contributed by atoms with van der Waals surface area (Å²) >= 11 is 0. The third-order valence-electron chi connectivity index (χ3n) is 7.79. The molecule has 0 radical (unpaired) electrons.